The third-order valence-electron chi connectivity index (χ3n) is 8.20. The smallest absolute Gasteiger partial charge is 0.313 e. The minimum atomic E-state index is -1.16. The summed E-state index contributed by atoms with van der Waals surface area (Å²) in [6, 6.07) is 4.48. The zero-order chi connectivity index (χ0) is 27.7. The van der Waals surface area contributed by atoms with E-state index in [0.717, 1.165) is 5.56 Å². The van der Waals surface area contributed by atoms with Crippen molar-refractivity contribution in [3.8, 4) is 0 Å². The molecule has 9 heteroatoms. The van der Waals surface area contributed by atoms with Crippen LogP contribution in [0.1, 0.15) is 44.6 Å². The summed E-state index contributed by atoms with van der Waals surface area (Å²) >= 11 is 6.58. The Morgan fingerprint density at radius 1 is 1.26 bits per heavy atom. The van der Waals surface area contributed by atoms with Gasteiger partial charge in [0.2, 0.25) is 5.91 Å². The molecule has 3 fully saturated rings. The lowest BCUT2D eigenvalue weighted by Crippen LogP contribution is -2.56. The number of aryl methyl sites for hydroxylation is 1. The van der Waals surface area contributed by atoms with Crippen molar-refractivity contribution in [1.82, 2.24) is 4.90 Å². The molecule has 3 saturated heterocycles. The lowest BCUT2D eigenvalue weighted by Gasteiger charge is -2.37. The third-order valence-corrected chi connectivity index (χ3v) is 8.51. The standard InChI is InChI=1S/C29H37ClN2O6/c1-5-15-31(23-19(3)11-10-12-20(23)30)26(35)24-29-14-13-28(4,38-29)22(27(36)37-18-6-2)21(29)25(34)32(24)16-8-7-9-17-33/h5-6,10-12,21-22,24,33H,1-2,7-9,13-18H2,3-4H3/t21-,22-,24?,28+,29?/m0/s1. The molecule has 4 rings (SSSR count). The van der Waals surface area contributed by atoms with Crippen LogP contribution in [-0.2, 0) is 23.9 Å². The van der Waals surface area contributed by atoms with Crippen molar-refractivity contribution in [2.24, 2.45) is 11.8 Å². The van der Waals surface area contributed by atoms with Gasteiger partial charge in [-0.3, -0.25) is 14.4 Å². The summed E-state index contributed by atoms with van der Waals surface area (Å²) in [5, 5.41) is 9.65. The van der Waals surface area contributed by atoms with Gasteiger partial charge in [-0.1, -0.05) is 42.5 Å². The molecule has 0 radical (unpaired) electrons. The Labute approximate surface area is 229 Å². The summed E-state index contributed by atoms with van der Waals surface area (Å²) in [7, 11) is 0. The van der Waals surface area contributed by atoms with Crippen LogP contribution in [0, 0.1) is 18.8 Å². The van der Waals surface area contributed by atoms with Crippen LogP contribution in [0.15, 0.2) is 43.5 Å². The third kappa shape index (κ3) is 4.56. The first-order valence-electron chi connectivity index (χ1n) is 13.2. The Kier molecular flexibility index (Phi) is 8.35. The molecule has 1 aromatic carbocycles. The predicted octanol–water partition coefficient (Wildman–Crippen LogP) is 3.82. The lowest BCUT2D eigenvalue weighted by atomic mass is 9.66. The van der Waals surface area contributed by atoms with Crippen LogP contribution in [0.5, 0.6) is 0 Å². The molecule has 0 saturated carbocycles. The van der Waals surface area contributed by atoms with Crippen molar-refractivity contribution in [2.45, 2.75) is 63.2 Å². The zero-order valence-electron chi connectivity index (χ0n) is 22.2. The summed E-state index contributed by atoms with van der Waals surface area (Å²) in [4.78, 5) is 45.0. The molecule has 2 amide bonds. The molecule has 206 valence electrons. The van der Waals surface area contributed by atoms with Gasteiger partial charge in [-0.15, -0.1) is 6.58 Å². The molecule has 3 aliphatic rings. The zero-order valence-corrected chi connectivity index (χ0v) is 22.9. The average molecular weight is 545 g/mol. The number of halogens is 1. The number of esters is 1. The van der Waals surface area contributed by atoms with E-state index >= 15 is 0 Å². The lowest BCUT2D eigenvalue weighted by molar-refractivity contribution is -0.158. The maximum atomic E-state index is 14.5. The van der Waals surface area contributed by atoms with Crippen LogP contribution in [-0.4, -0.2) is 71.3 Å². The SMILES string of the molecule is C=CCOC(=O)[C@@H]1[C@H]2C(=O)N(CCCCCO)C(C(=O)N(CC=C)c3c(C)cccc3Cl)C23CC[C@@]1(C)O3. The van der Waals surface area contributed by atoms with Crippen LogP contribution in [0.4, 0.5) is 5.69 Å². The number of likely N-dealkylation sites (tertiary alicyclic amines) is 1. The Hall–Kier alpha value is -2.68. The minimum Gasteiger partial charge on any atom is -0.461 e. The molecule has 3 heterocycles. The monoisotopic (exact) mass is 544 g/mol. The highest BCUT2D eigenvalue weighted by Crippen LogP contribution is 2.63. The summed E-state index contributed by atoms with van der Waals surface area (Å²) in [5.41, 5.74) is -0.696. The molecule has 3 aliphatic heterocycles. The molecule has 8 nitrogen and oxygen atoms in total. The number of nitrogens with zero attached hydrogens (tertiary/aromatic N) is 2. The number of amides is 2. The van der Waals surface area contributed by atoms with Crippen molar-refractivity contribution in [2.75, 3.05) is 31.2 Å². The first-order chi connectivity index (χ1) is 18.2. The first-order valence-corrected chi connectivity index (χ1v) is 13.6. The van der Waals surface area contributed by atoms with E-state index in [1.54, 1.807) is 21.9 Å². The number of para-hydroxylation sites is 1. The molecular formula is C29H37ClN2O6. The van der Waals surface area contributed by atoms with Crippen LogP contribution in [0.2, 0.25) is 5.02 Å². The number of aliphatic hydroxyl groups excluding tert-OH is 1. The molecule has 5 atom stereocenters. The highest BCUT2D eigenvalue weighted by molar-refractivity contribution is 6.34. The maximum absolute atomic E-state index is 14.5. The van der Waals surface area contributed by atoms with Crippen LogP contribution >= 0.6 is 11.6 Å². The van der Waals surface area contributed by atoms with E-state index in [1.807, 2.05) is 26.0 Å². The number of anilines is 1. The van der Waals surface area contributed by atoms with Crippen molar-refractivity contribution in [3.05, 3.63) is 54.1 Å². The molecule has 0 aliphatic carbocycles. The number of ether oxygens (including phenoxy) is 2. The second kappa shape index (κ2) is 11.2. The Bertz CT molecular complexity index is 1100. The van der Waals surface area contributed by atoms with E-state index in [2.05, 4.69) is 13.2 Å². The predicted molar refractivity (Wildman–Crippen MR) is 145 cm³/mol. The number of aliphatic hydroxyl groups is 1. The molecule has 2 bridgehead atoms. The molecule has 1 spiro atoms. The van der Waals surface area contributed by atoms with Crippen molar-refractivity contribution >= 4 is 35.1 Å². The van der Waals surface area contributed by atoms with E-state index in [-0.39, 0.29) is 31.6 Å². The molecule has 1 aromatic rings. The van der Waals surface area contributed by atoms with Crippen LogP contribution < -0.4 is 4.90 Å². The van der Waals surface area contributed by atoms with Gasteiger partial charge in [0, 0.05) is 19.7 Å². The van der Waals surface area contributed by atoms with Crippen LogP contribution in [0.25, 0.3) is 0 Å². The Morgan fingerprint density at radius 2 is 2.03 bits per heavy atom. The van der Waals surface area contributed by atoms with Crippen molar-refractivity contribution < 1.29 is 29.0 Å². The summed E-state index contributed by atoms with van der Waals surface area (Å²) in [6.07, 6.45) is 6.01. The number of rotatable bonds is 12. The largest absolute Gasteiger partial charge is 0.461 e. The molecular weight excluding hydrogens is 508 g/mol. The quantitative estimate of drug-likeness (QED) is 0.244. The summed E-state index contributed by atoms with van der Waals surface area (Å²) in [6.45, 7) is 11.8. The summed E-state index contributed by atoms with van der Waals surface area (Å²) < 4.78 is 12.1. The van der Waals surface area contributed by atoms with E-state index in [4.69, 9.17) is 21.1 Å². The van der Waals surface area contributed by atoms with Gasteiger partial charge in [-0.2, -0.15) is 0 Å². The fraction of sp³-hybridized carbons (Fsp3) is 0.552. The van der Waals surface area contributed by atoms with E-state index in [1.165, 1.54) is 6.08 Å². The normalized spacial score (nSPS) is 29.3. The van der Waals surface area contributed by atoms with Crippen molar-refractivity contribution in [1.29, 1.82) is 0 Å². The number of hydrogen-bond acceptors (Lipinski definition) is 6. The number of hydrogen-bond donors (Lipinski definition) is 1. The van der Waals surface area contributed by atoms with Gasteiger partial charge >= 0.3 is 5.97 Å². The molecule has 2 unspecified atom stereocenters. The van der Waals surface area contributed by atoms with Gasteiger partial charge in [0.05, 0.1) is 22.2 Å². The fourth-order valence-corrected chi connectivity index (χ4v) is 6.96. The van der Waals surface area contributed by atoms with E-state index in [9.17, 15) is 19.5 Å². The van der Waals surface area contributed by atoms with Gasteiger partial charge in [-0.25, -0.2) is 0 Å². The number of unbranched alkanes of at least 4 members (excludes halogenated alkanes) is 2. The minimum absolute atomic E-state index is 0.0332. The second-order valence-electron chi connectivity index (χ2n) is 10.6. The number of carbonyl (C=O) groups is 3. The highest BCUT2D eigenvalue weighted by Gasteiger charge is 2.78. The van der Waals surface area contributed by atoms with Crippen LogP contribution in [0.3, 0.4) is 0 Å². The van der Waals surface area contributed by atoms with Gasteiger partial charge in [0.1, 0.15) is 24.2 Å². The molecule has 0 aromatic heterocycles. The van der Waals surface area contributed by atoms with Gasteiger partial charge in [0.15, 0.2) is 0 Å². The van der Waals surface area contributed by atoms with Gasteiger partial charge in [0.25, 0.3) is 5.91 Å². The molecule has 38 heavy (non-hydrogen) atoms. The average Bonchev–Trinajstić information content (AvgIpc) is 3.45. The first kappa shape index (κ1) is 28.3. The Morgan fingerprint density at radius 3 is 2.68 bits per heavy atom. The van der Waals surface area contributed by atoms with Gasteiger partial charge < -0.3 is 24.4 Å². The Balaban J connectivity index is 1.78. The fourth-order valence-electron chi connectivity index (χ4n) is 6.64. The maximum Gasteiger partial charge on any atom is 0.313 e. The number of carbonyl (C=O) groups excluding carboxylic acids is 3. The second-order valence-corrected chi connectivity index (χ2v) is 11.0. The van der Waals surface area contributed by atoms with Crippen molar-refractivity contribution in [3.63, 3.8) is 0 Å². The number of fused-ring (bicyclic) bond motifs is 1. The summed E-state index contributed by atoms with van der Waals surface area (Å²) in [5.74, 6) is -2.75. The molecule has 1 N–H and O–H groups in total. The topological polar surface area (TPSA) is 96.4 Å². The van der Waals surface area contributed by atoms with Gasteiger partial charge in [-0.05, 0) is 57.6 Å². The number of benzene rings is 1. The van der Waals surface area contributed by atoms with E-state index in [0.29, 0.717) is 49.4 Å². The van der Waals surface area contributed by atoms with E-state index < -0.39 is 35.0 Å². The highest BCUT2D eigenvalue weighted by atomic mass is 35.5.